The summed E-state index contributed by atoms with van der Waals surface area (Å²) in [6, 6.07) is 1.55. The van der Waals surface area contributed by atoms with E-state index in [4.69, 9.17) is 11.6 Å². The van der Waals surface area contributed by atoms with E-state index in [-0.39, 0.29) is 10.3 Å². The molecule has 0 amide bonds. The van der Waals surface area contributed by atoms with Gasteiger partial charge in [0.1, 0.15) is 4.90 Å². The molecule has 2 rings (SSSR count). The number of aromatic nitrogens is 1. The first-order valence-electron chi connectivity index (χ1n) is 4.75. The average Bonchev–Trinajstić information content (AvgIpc) is 2.65. The van der Waals surface area contributed by atoms with E-state index in [9.17, 15) is 8.42 Å². The Morgan fingerprint density at radius 3 is 2.81 bits per heavy atom. The molecule has 1 aliphatic heterocycles. The Morgan fingerprint density at radius 2 is 2.25 bits per heavy atom. The summed E-state index contributed by atoms with van der Waals surface area (Å²) in [5, 5.41) is -0.0881. The summed E-state index contributed by atoms with van der Waals surface area (Å²) >= 11 is 9.10. The van der Waals surface area contributed by atoms with Crippen molar-refractivity contribution in [3.05, 3.63) is 22.9 Å². The topological polar surface area (TPSA) is 50.3 Å². The first-order chi connectivity index (χ1) is 7.50. The number of halogens is 2. The van der Waals surface area contributed by atoms with Crippen LogP contribution in [0.5, 0.6) is 0 Å². The lowest BCUT2D eigenvalue weighted by atomic mass is 10.4. The van der Waals surface area contributed by atoms with E-state index >= 15 is 0 Å². The van der Waals surface area contributed by atoms with E-state index in [1.807, 2.05) is 0 Å². The van der Waals surface area contributed by atoms with Crippen LogP contribution in [0.4, 0.5) is 0 Å². The monoisotopic (exact) mass is 324 g/mol. The number of nitrogens with zero attached hydrogens (tertiary/aromatic N) is 2. The van der Waals surface area contributed by atoms with Crippen molar-refractivity contribution in [3.8, 4) is 0 Å². The van der Waals surface area contributed by atoms with Crippen molar-refractivity contribution in [3.63, 3.8) is 0 Å². The maximum Gasteiger partial charge on any atom is 0.244 e. The minimum Gasteiger partial charge on any atom is -0.262 e. The highest BCUT2D eigenvalue weighted by atomic mass is 79.9. The number of pyridine rings is 1. The van der Waals surface area contributed by atoms with Crippen LogP contribution in [0.25, 0.3) is 0 Å². The van der Waals surface area contributed by atoms with Gasteiger partial charge >= 0.3 is 0 Å². The fourth-order valence-electron chi connectivity index (χ4n) is 1.59. The minimum atomic E-state index is -3.44. The van der Waals surface area contributed by atoms with Crippen LogP contribution in [0.15, 0.2) is 27.8 Å². The van der Waals surface area contributed by atoms with Gasteiger partial charge in [0.2, 0.25) is 10.0 Å². The highest BCUT2D eigenvalue weighted by Gasteiger charge is 2.31. The first-order valence-corrected chi connectivity index (χ1v) is 7.42. The van der Waals surface area contributed by atoms with E-state index < -0.39 is 10.0 Å². The third-order valence-corrected chi connectivity index (χ3v) is 5.03. The summed E-state index contributed by atoms with van der Waals surface area (Å²) in [5.74, 6) is 0. The molecule has 1 aromatic heterocycles. The Kier molecular flexibility index (Phi) is 3.53. The maximum absolute atomic E-state index is 12.1. The van der Waals surface area contributed by atoms with Crippen LogP contribution in [0, 0.1) is 0 Å². The lowest BCUT2D eigenvalue weighted by Crippen LogP contribution is -2.29. The van der Waals surface area contributed by atoms with Crippen LogP contribution < -0.4 is 0 Å². The fraction of sp³-hybridized carbons (Fsp3) is 0.444. The van der Waals surface area contributed by atoms with Gasteiger partial charge in [-0.15, -0.1) is 11.6 Å². The van der Waals surface area contributed by atoms with Crippen LogP contribution in [-0.2, 0) is 10.0 Å². The van der Waals surface area contributed by atoms with Crippen molar-refractivity contribution in [2.75, 3.05) is 13.1 Å². The number of hydrogen-bond donors (Lipinski definition) is 0. The van der Waals surface area contributed by atoms with Gasteiger partial charge in [0, 0.05) is 35.3 Å². The van der Waals surface area contributed by atoms with E-state index in [0.717, 1.165) is 0 Å². The second kappa shape index (κ2) is 4.60. The summed E-state index contributed by atoms with van der Waals surface area (Å²) in [6.07, 6.45) is 3.59. The third-order valence-electron chi connectivity index (χ3n) is 2.41. The molecule has 1 saturated heterocycles. The molecular weight excluding hydrogens is 316 g/mol. The van der Waals surface area contributed by atoms with Gasteiger partial charge in [-0.25, -0.2) is 8.42 Å². The number of rotatable bonds is 2. The van der Waals surface area contributed by atoms with Crippen LogP contribution >= 0.6 is 27.5 Å². The van der Waals surface area contributed by atoms with E-state index in [1.54, 1.807) is 12.3 Å². The summed E-state index contributed by atoms with van der Waals surface area (Å²) in [7, 11) is -3.44. The largest absolute Gasteiger partial charge is 0.262 e. The van der Waals surface area contributed by atoms with Crippen molar-refractivity contribution >= 4 is 37.6 Å². The van der Waals surface area contributed by atoms with Gasteiger partial charge in [-0.2, -0.15) is 4.31 Å². The third kappa shape index (κ3) is 2.40. The van der Waals surface area contributed by atoms with Gasteiger partial charge in [0.05, 0.1) is 0 Å². The molecule has 88 valence electrons. The molecule has 2 heterocycles. The van der Waals surface area contributed by atoms with E-state index in [2.05, 4.69) is 20.9 Å². The molecule has 1 aliphatic rings. The Labute approximate surface area is 108 Å². The predicted octanol–water partition coefficient (Wildman–Crippen LogP) is 1.85. The van der Waals surface area contributed by atoms with Crippen molar-refractivity contribution in [2.24, 2.45) is 0 Å². The maximum atomic E-state index is 12.1. The summed E-state index contributed by atoms with van der Waals surface area (Å²) in [6.45, 7) is 0.847. The van der Waals surface area contributed by atoms with Crippen LogP contribution in [-0.4, -0.2) is 36.2 Å². The quantitative estimate of drug-likeness (QED) is 0.780. The van der Waals surface area contributed by atoms with Crippen molar-refractivity contribution in [1.29, 1.82) is 0 Å². The summed E-state index contributed by atoms with van der Waals surface area (Å²) in [5.41, 5.74) is 0. The van der Waals surface area contributed by atoms with Gasteiger partial charge in [-0.3, -0.25) is 4.98 Å². The van der Waals surface area contributed by atoms with Crippen molar-refractivity contribution in [1.82, 2.24) is 9.29 Å². The molecule has 0 aromatic carbocycles. The zero-order chi connectivity index (χ0) is 11.8. The highest BCUT2D eigenvalue weighted by Crippen LogP contribution is 2.24. The van der Waals surface area contributed by atoms with Gasteiger partial charge in [-0.1, -0.05) is 0 Å². The molecule has 0 saturated carbocycles. The SMILES string of the molecule is O=S(=O)(c1cncc(Br)c1)N1CCC(Cl)C1. The molecule has 7 heteroatoms. The van der Waals surface area contributed by atoms with Gasteiger partial charge in [-0.05, 0) is 28.4 Å². The highest BCUT2D eigenvalue weighted by molar-refractivity contribution is 9.10. The Hall–Kier alpha value is -0.170. The zero-order valence-corrected chi connectivity index (χ0v) is 11.5. The smallest absolute Gasteiger partial charge is 0.244 e. The normalized spacial score (nSPS) is 22.5. The second-order valence-corrected chi connectivity index (χ2v) is 7.06. The van der Waals surface area contributed by atoms with Crippen molar-refractivity contribution in [2.45, 2.75) is 16.7 Å². The van der Waals surface area contributed by atoms with Crippen LogP contribution in [0.3, 0.4) is 0 Å². The molecule has 0 aliphatic carbocycles. The Bertz CT molecular complexity index is 494. The number of sulfonamides is 1. The van der Waals surface area contributed by atoms with Gasteiger partial charge < -0.3 is 0 Å². The standard InChI is InChI=1S/C9H10BrClN2O2S/c10-7-3-9(5-12-4-7)16(14,15)13-2-1-8(11)6-13/h3-5,8H,1-2,6H2. The molecule has 4 nitrogen and oxygen atoms in total. The average molecular weight is 326 g/mol. The molecule has 1 atom stereocenters. The fourth-order valence-corrected chi connectivity index (χ4v) is 3.94. The summed E-state index contributed by atoms with van der Waals surface area (Å²) < 4.78 is 26.3. The molecule has 1 unspecified atom stereocenters. The van der Waals surface area contributed by atoms with Gasteiger partial charge in [0.25, 0.3) is 0 Å². The molecule has 0 bridgehead atoms. The molecule has 0 spiro atoms. The van der Waals surface area contributed by atoms with Gasteiger partial charge in [0.15, 0.2) is 0 Å². The summed E-state index contributed by atoms with van der Waals surface area (Å²) in [4.78, 5) is 4.06. The lowest BCUT2D eigenvalue weighted by Gasteiger charge is -2.15. The molecule has 1 fully saturated rings. The predicted molar refractivity (Wildman–Crippen MR) is 65.0 cm³/mol. The lowest BCUT2D eigenvalue weighted by molar-refractivity contribution is 0.477. The molecule has 16 heavy (non-hydrogen) atoms. The number of alkyl halides is 1. The molecule has 0 radical (unpaired) electrons. The second-order valence-electron chi connectivity index (χ2n) is 3.59. The van der Waals surface area contributed by atoms with Crippen LogP contribution in [0.1, 0.15) is 6.42 Å². The number of hydrogen-bond acceptors (Lipinski definition) is 3. The molecule has 0 N–H and O–H groups in total. The van der Waals surface area contributed by atoms with Crippen LogP contribution in [0.2, 0.25) is 0 Å². The van der Waals surface area contributed by atoms with E-state index in [0.29, 0.717) is 24.0 Å². The minimum absolute atomic E-state index is 0.0881. The zero-order valence-electron chi connectivity index (χ0n) is 8.31. The molecule has 1 aromatic rings. The van der Waals surface area contributed by atoms with Crippen molar-refractivity contribution < 1.29 is 8.42 Å². The Balaban J connectivity index is 2.32. The van der Waals surface area contributed by atoms with E-state index in [1.165, 1.54) is 10.5 Å². The first kappa shape index (κ1) is 12.3. The molecular formula is C9H10BrClN2O2S. The Morgan fingerprint density at radius 1 is 1.50 bits per heavy atom.